The number of carbonyl (C=O) groups excluding carboxylic acids is 3. The molecule has 0 spiro atoms. The third-order valence-electron chi connectivity index (χ3n) is 4.14. The number of hydrogen-bond donors (Lipinski definition) is 3. The van der Waals surface area contributed by atoms with Crippen LogP contribution in [0.15, 0.2) is 48.5 Å². The molecule has 0 bridgehead atoms. The molecule has 0 saturated carbocycles. The fraction of sp³-hybridized carbons (Fsp3) is 0.286. The maximum Gasteiger partial charge on any atom is 0.243 e. The number of nitrogens with one attached hydrogen (secondary N) is 3. The molecule has 0 aromatic heterocycles. The molecule has 0 fully saturated rings. The first kappa shape index (κ1) is 21.0. The number of benzene rings is 2. The van der Waals surface area contributed by atoms with Crippen LogP contribution in [0.25, 0.3) is 0 Å². The highest BCUT2D eigenvalue weighted by Gasteiger charge is 2.08. The van der Waals surface area contributed by atoms with E-state index in [2.05, 4.69) is 16.0 Å². The van der Waals surface area contributed by atoms with E-state index in [1.807, 2.05) is 13.8 Å². The Hall–Kier alpha value is -3.35. The second-order valence-corrected chi connectivity index (χ2v) is 6.75. The van der Waals surface area contributed by atoms with Gasteiger partial charge in [-0.15, -0.1) is 0 Å². The number of rotatable bonds is 7. The highest BCUT2D eigenvalue weighted by atomic mass is 16.2. The minimum atomic E-state index is -0.190. The van der Waals surface area contributed by atoms with Crippen LogP contribution in [0.4, 0.5) is 22.7 Å². The molecule has 3 amide bonds. The van der Waals surface area contributed by atoms with Crippen molar-refractivity contribution in [1.82, 2.24) is 0 Å². The van der Waals surface area contributed by atoms with Crippen LogP contribution in [0.1, 0.15) is 20.8 Å². The van der Waals surface area contributed by atoms with Crippen LogP contribution < -0.4 is 20.9 Å². The van der Waals surface area contributed by atoms with Gasteiger partial charge in [0.2, 0.25) is 17.7 Å². The molecule has 2 aromatic rings. The summed E-state index contributed by atoms with van der Waals surface area (Å²) in [6.45, 7) is 5.26. The summed E-state index contributed by atoms with van der Waals surface area (Å²) in [7, 11) is 1.69. The van der Waals surface area contributed by atoms with E-state index in [4.69, 9.17) is 0 Å². The van der Waals surface area contributed by atoms with Crippen molar-refractivity contribution in [2.45, 2.75) is 20.8 Å². The summed E-state index contributed by atoms with van der Waals surface area (Å²) in [5.41, 5.74) is 2.90. The highest BCUT2D eigenvalue weighted by molar-refractivity contribution is 5.95. The quantitative estimate of drug-likeness (QED) is 0.685. The zero-order chi connectivity index (χ0) is 20.7. The van der Waals surface area contributed by atoms with Gasteiger partial charge in [-0.1, -0.05) is 13.8 Å². The summed E-state index contributed by atoms with van der Waals surface area (Å²) in [5.74, 6) is -0.375. The molecule has 0 unspecified atom stereocenters. The number of anilines is 4. The molecule has 0 aliphatic heterocycles. The van der Waals surface area contributed by atoms with Gasteiger partial charge in [-0.05, 0) is 48.5 Å². The molecular formula is C21H26N4O3. The van der Waals surface area contributed by atoms with Gasteiger partial charge in [0.25, 0.3) is 0 Å². The largest absolute Gasteiger partial charge is 0.376 e. The van der Waals surface area contributed by atoms with Gasteiger partial charge in [-0.2, -0.15) is 0 Å². The molecule has 0 radical (unpaired) electrons. The lowest BCUT2D eigenvalue weighted by Gasteiger charge is -2.15. The number of carbonyl (C=O) groups is 3. The average molecular weight is 382 g/mol. The molecule has 0 aliphatic rings. The molecule has 0 saturated heterocycles. The van der Waals surface area contributed by atoms with Crippen LogP contribution in [0.2, 0.25) is 0 Å². The van der Waals surface area contributed by atoms with Gasteiger partial charge < -0.3 is 20.9 Å². The summed E-state index contributed by atoms with van der Waals surface area (Å²) >= 11 is 0. The Morgan fingerprint density at radius 3 is 1.89 bits per heavy atom. The molecule has 7 heteroatoms. The number of nitrogens with zero attached hydrogens (tertiary/aromatic N) is 1. The Morgan fingerprint density at radius 1 is 0.857 bits per heavy atom. The predicted molar refractivity (Wildman–Crippen MR) is 113 cm³/mol. The van der Waals surface area contributed by atoms with Crippen molar-refractivity contribution in [2.75, 3.05) is 34.4 Å². The molecule has 2 aromatic carbocycles. The minimum absolute atomic E-state index is 0.0411. The van der Waals surface area contributed by atoms with Crippen LogP contribution in [-0.4, -0.2) is 31.3 Å². The fourth-order valence-corrected chi connectivity index (χ4v) is 2.30. The number of amides is 3. The van der Waals surface area contributed by atoms with Crippen molar-refractivity contribution < 1.29 is 14.4 Å². The zero-order valence-corrected chi connectivity index (χ0v) is 16.6. The first-order valence-electron chi connectivity index (χ1n) is 9.05. The molecular weight excluding hydrogens is 356 g/mol. The van der Waals surface area contributed by atoms with Gasteiger partial charge in [0, 0.05) is 42.6 Å². The van der Waals surface area contributed by atoms with Gasteiger partial charge in [-0.25, -0.2) is 0 Å². The minimum Gasteiger partial charge on any atom is -0.376 e. The van der Waals surface area contributed by atoms with Gasteiger partial charge in [0.1, 0.15) is 0 Å². The van der Waals surface area contributed by atoms with Crippen molar-refractivity contribution >= 4 is 40.5 Å². The van der Waals surface area contributed by atoms with Crippen molar-refractivity contribution in [2.24, 2.45) is 5.92 Å². The topological polar surface area (TPSA) is 90.5 Å². The smallest absolute Gasteiger partial charge is 0.243 e. The Bertz CT molecular complexity index is 830. The van der Waals surface area contributed by atoms with Crippen LogP contribution in [-0.2, 0) is 14.4 Å². The molecule has 0 atom stereocenters. The molecule has 28 heavy (non-hydrogen) atoms. The lowest BCUT2D eigenvalue weighted by atomic mass is 10.2. The lowest BCUT2D eigenvalue weighted by Crippen LogP contribution is -2.23. The average Bonchev–Trinajstić information content (AvgIpc) is 2.67. The second-order valence-electron chi connectivity index (χ2n) is 6.75. The normalized spacial score (nSPS) is 10.3. The van der Waals surface area contributed by atoms with Gasteiger partial charge in [0.15, 0.2) is 0 Å². The maximum absolute atomic E-state index is 12.1. The van der Waals surface area contributed by atoms with E-state index in [1.54, 1.807) is 55.6 Å². The Morgan fingerprint density at radius 2 is 1.36 bits per heavy atom. The third-order valence-corrected chi connectivity index (χ3v) is 4.14. The lowest BCUT2D eigenvalue weighted by molar-refractivity contribution is -0.119. The summed E-state index contributed by atoms with van der Waals surface area (Å²) in [6.07, 6.45) is 0. The van der Waals surface area contributed by atoms with E-state index in [9.17, 15) is 14.4 Å². The van der Waals surface area contributed by atoms with E-state index < -0.39 is 0 Å². The van der Waals surface area contributed by atoms with Crippen LogP contribution >= 0.6 is 0 Å². The summed E-state index contributed by atoms with van der Waals surface area (Å²) in [5, 5.41) is 8.65. The third kappa shape index (κ3) is 6.12. The van der Waals surface area contributed by atoms with Gasteiger partial charge >= 0.3 is 0 Å². The first-order chi connectivity index (χ1) is 13.3. The zero-order valence-electron chi connectivity index (χ0n) is 16.6. The maximum atomic E-state index is 12.1. The van der Waals surface area contributed by atoms with Gasteiger partial charge in [0.05, 0.1) is 6.54 Å². The summed E-state index contributed by atoms with van der Waals surface area (Å²) in [4.78, 5) is 36.7. The van der Waals surface area contributed by atoms with E-state index in [0.717, 1.165) is 11.4 Å². The van der Waals surface area contributed by atoms with E-state index in [0.29, 0.717) is 11.4 Å². The summed E-state index contributed by atoms with van der Waals surface area (Å²) in [6, 6.07) is 14.2. The monoisotopic (exact) mass is 382 g/mol. The van der Waals surface area contributed by atoms with E-state index in [-0.39, 0.29) is 30.2 Å². The standard InChI is InChI=1S/C21H26N4O3/c1-14(2)21(28)24-18-7-5-16(6-8-18)22-13-20(27)23-17-9-11-19(12-10-17)25(4)15(3)26/h5-12,14,22H,13H2,1-4H3,(H,23,27)(H,24,28). The van der Waals surface area contributed by atoms with Crippen molar-refractivity contribution in [3.8, 4) is 0 Å². The van der Waals surface area contributed by atoms with Crippen molar-refractivity contribution in [3.05, 3.63) is 48.5 Å². The van der Waals surface area contributed by atoms with Crippen LogP contribution in [0, 0.1) is 5.92 Å². The van der Waals surface area contributed by atoms with Crippen molar-refractivity contribution in [1.29, 1.82) is 0 Å². The highest BCUT2D eigenvalue weighted by Crippen LogP contribution is 2.17. The molecule has 148 valence electrons. The Labute approximate surface area is 165 Å². The van der Waals surface area contributed by atoms with Crippen LogP contribution in [0.5, 0.6) is 0 Å². The Kier molecular flexibility index (Phi) is 7.14. The van der Waals surface area contributed by atoms with Crippen molar-refractivity contribution in [3.63, 3.8) is 0 Å². The predicted octanol–water partition coefficient (Wildman–Crippen LogP) is 3.31. The fourth-order valence-electron chi connectivity index (χ4n) is 2.30. The van der Waals surface area contributed by atoms with E-state index in [1.165, 1.54) is 11.8 Å². The molecule has 7 nitrogen and oxygen atoms in total. The molecule has 2 rings (SSSR count). The number of hydrogen-bond acceptors (Lipinski definition) is 4. The SMILES string of the molecule is CC(=O)N(C)c1ccc(NC(=O)CNc2ccc(NC(=O)C(C)C)cc2)cc1. The molecule has 3 N–H and O–H groups in total. The molecule has 0 aliphatic carbocycles. The van der Waals surface area contributed by atoms with E-state index >= 15 is 0 Å². The van der Waals surface area contributed by atoms with Gasteiger partial charge in [-0.3, -0.25) is 14.4 Å². The van der Waals surface area contributed by atoms with Crippen LogP contribution in [0.3, 0.4) is 0 Å². The Balaban J connectivity index is 1.83. The second kappa shape index (κ2) is 9.55. The summed E-state index contributed by atoms with van der Waals surface area (Å²) < 4.78 is 0. The first-order valence-corrected chi connectivity index (χ1v) is 9.05. The molecule has 0 heterocycles.